The molecular weight excluding hydrogens is 310 g/mol. The van der Waals surface area contributed by atoms with Crippen LogP contribution in [0.1, 0.15) is 46.0 Å². The maximum absolute atomic E-state index is 4.85. The Hall–Kier alpha value is -1.07. The van der Waals surface area contributed by atoms with Gasteiger partial charge in [-0.05, 0) is 64.6 Å². The summed E-state index contributed by atoms with van der Waals surface area (Å²) in [5.74, 6) is 1.87. The highest BCUT2D eigenvalue weighted by Crippen LogP contribution is 2.20. The monoisotopic (exact) mass is 349 g/mol. The van der Waals surface area contributed by atoms with Gasteiger partial charge >= 0.3 is 0 Å². The summed E-state index contributed by atoms with van der Waals surface area (Å²) in [7, 11) is 0. The Bertz CT molecular complexity index is 393. The Balaban J connectivity index is 1.70. The van der Waals surface area contributed by atoms with Crippen molar-refractivity contribution in [2.45, 2.75) is 52.0 Å². The van der Waals surface area contributed by atoms with E-state index in [9.17, 15) is 0 Å². The van der Waals surface area contributed by atoms with E-state index < -0.39 is 0 Å². The minimum Gasteiger partial charge on any atom is -0.357 e. The molecule has 0 unspecified atom stereocenters. The molecule has 0 aromatic rings. The van der Waals surface area contributed by atoms with Crippen LogP contribution in [0.5, 0.6) is 0 Å². The van der Waals surface area contributed by atoms with Crippen molar-refractivity contribution in [3.63, 3.8) is 0 Å². The number of hydrogen-bond donors (Lipinski definition) is 2. The van der Waals surface area contributed by atoms with Gasteiger partial charge in [0.2, 0.25) is 0 Å². The van der Waals surface area contributed by atoms with E-state index in [-0.39, 0.29) is 0 Å². The molecule has 2 N–H and O–H groups in total. The van der Waals surface area contributed by atoms with Crippen molar-refractivity contribution in [2.24, 2.45) is 10.9 Å². The lowest BCUT2D eigenvalue weighted by Crippen LogP contribution is -2.48. The van der Waals surface area contributed by atoms with Crippen molar-refractivity contribution < 1.29 is 0 Å². The largest absolute Gasteiger partial charge is 0.357 e. The molecule has 0 aromatic heterocycles. The fourth-order valence-corrected chi connectivity index (χ4v) is 3.91. The fourth-order valence-electron chi connectivity index (χ4n) is 3.91. The van der Waals surface area contributed by atoms with Gasteiger partial charge in [-0.15, -0.1) is 6.58 Å². The molecular formula is C20H39N5. The van der Waals surface area contributed by atoms with Crippen LogP contribution in [0.2, 0.25) is 0 Å². The quantitative estimate of drug-likeness (QED) is 0.401. The Morgan fingerprint density at radius 3 is 2.36 bits per heavy atom. The molecule has 25 heavy (non-hydrogen) atoms. The zero-order chi connectivity index (χ0) is 17.9. The Morgan fingerprint density at radius 1 is 1.08 bits per heavy atom. The molecule has 0 bridgehead atoms. The first kappa shape index (κ1) is 20.2. The van der Waals surface area contributed by atoms with Crippen LogP contribution in [0, 0.1) is 5.92 Å². The molecule has 2 aliphatic rings. The second kappa shape index (κ2) is 11.5. The van der Waals surface area contributed by atoms with Crippen molar-refractivity contribution in [2.75, 3.05) is 52.4 Å². The van der Waals surface area contributed by atoms with Crippen LogP contribution in [0.3, 0.4) is 0 Å². The van der Waals surface area contributed by atoms with Gasteiger partial charge in [0.05, 0.1) is 0 Å². The van der Waals surface area contributed by atoms with Gasteiger partial charge in [-0.25, -0.2) is 0 Å². The molecule has 2 saturated heterocycles. The van der Waals surface area contributed by atoms with Crippen LogP contribution >= 0.6 is 0 Å². The first-order valence-corrected chi connectivity index (χ1v) is 10.4. The molecule has 5 nitrogen and oxygen atoms in total. The molecule has 0 atom stereocenters. The summed E-state index contributed by atoms with van der Waals surface area (Å²) in [6.07, 6.45) is 8.29. The van der Waals surface area contributed by atoms with Gasteiger partial charge in [-0.2, -0.15) is 0 Å². The van der Waals surface area contributed by atoms with Gasteiger partial charge in [-0.3, -0.25) is 9.89 Å². The average Bonchev–Trinajstić information content (AvgIpc) is 2.64. The minimum atomic E-state index is 0.548. The third-order valence-electron chi connectivity index (χ3n) is 5.62. The first-order chi connectivity index (χ1) is 12.2. The van der Waals surface area contributed by atoms with Crippen molar-refractivity contribution in [3.8, 4) is 0 Å². The summed E-state index contributed by atoms with van der Waals surface area (Å²) < 4.78 is 0. The van der Waals surface area contributed by atoms with E-state index in [1.54, 1.807) is 0 Å². The molecule has 5 heteroatoms. The Kier molecular flexibility index (Phi) is 9.33. The van der Waals surface area contributed by atoms with Gasteiger partial charge in [0.1, 0.15) is 0 Å². The van der Waals surface area contributed by atoms with Crippen molar-refractivity contribution >= 4 is 5.96 Å². The zero-order valence-corrected chi connectivity index (χ0v) is 16.5. The number of hydrogen-bond acceptors (Lipinski definition) is 3. The molecule has 0 amide bonds. The number of piperidine rings is 2. The molecule has 2 heterocycles. The predicted octanol–water partition coefficient (Wildman–Crippen LogP) is 2.31. The average molecular weight is 350 g/mol. The van der Waals surface area contributed by atoms with Crippen molar-refractivity contribution in [1.82, 2.24) is 20.4 Å². The van der Waals surface area contributed by atoms with E-state index in [2.05, 4.69) is 40.9 Å². The van der Waals surface area contributed by atoms with E-state index in [0.717, 1.165) is 44.6 Å². The number of guanidine groups is 1. The van der Waals surface area contributed by atoms with Crippen LogP contribution in [-0.2, 0) is 0 Å². The lowest BCUT2D eigenvalue weighted by molar-refractivity contribution is 0.188. The Morgan fingerprint density at radius 2 is 1.76 bits per heavy atom. The number of nitrogens with one attached hydrogen (secondary N) is 2. The summed E-state index contributed by atoms with van der Waals surface area (Å²) in [6.45, 7) is 17.2. The van der Waals surface area contributed by atoms with Gasteiger partial charge in [0, 0.05) is 38.8 Å². The molecule has 144 valence electrons. The maximum atomic E-state index is 4.85. The second-order valence-electron chi connectivity index (χ2n) is 7.43. The van der Waals surface area contributed by atoms with E-state index in [0.29, 0.717) is 6.04 Å². The van der Waals surface area contributed by atoms with Gasteiger partial charge < -0.3 is 15.5 Å². The van der Waals surface area contributed by atoms with Crippen molar-refractivity contribution in [3.05, 3.63) is 12.7 Å². The highest BCUT2D eigenvalue weighted by atomic mass is 15.2. The van der Waals surface area contributed by atoms with E-state index >= 15 is 0 Å². The predicted molar refractivity (Wildman–Crippen MR) is 108 cm³/mol. The number of likely N-dealkylation sites (tertiary alicyclic amines) is 2. The zero-order valence-electron chi connectivity index (χ0n) is 16.5. The molecule has 0 aromatic carbocycles. The Labute approximate surface area is 154 Å². The van der Waals surface area contributed by atoms with Crippen LogP contribution in [0.4, 0.5) is 0 Å². The summed E-state index contributed by atoms with van der Waals surface area (Å²) in [5, 5.41) is 7.07. The first-order valence-electron chi connectivity index (χ1n) is 10.4. The second-order valence-corrected chi connectivity index (χ2v) is 7.43. The lowest BCUT2D eigenvalue weighted by Gasteiger charge is -2.32. The molecule has 2 rings (SSSR count). The van der Waals surface area contributed by atoms with E-state index in [4.69, 9.17) is 4.99 Å². The molecule has 0 radical (unpaired) electrons. The SMILES string of the molecule is C=CCN1CCC(NC(=NCCC2CCN(CC)CC2)NCC)CC1. The number of rotatable bonds is 8. The summed E-state index contributed by atoms with van der Waals surface area (Å²) in [6, 6.07) is 0.548. The number of aliphatic imine (C=N–C) groups is 1. The third-order valence-corrected chi connectivity index (χ3v) is 5.62. The van der Waals surface area contributed by atoms with Crippen molar-refractivity contribution in [1.29, 1.82) is 0 Å². The van der Waals surface area contributed by atoms with Gasteiger partial charge in [0.25, 0.3) is 0 Å². The summed E-state index contributed by atoms with van der Waals surface area (Å²) in [4.78, 5) is 9.88. The topological polar surface area (TPSA) is 42.9 Å². The van der Waals surface area contributed by atoms with E-state index in [1.165, 1.54) is 51.7 Å². The van der Waals surface area contributed by atoms with Crippen LogP contribution < -0.4 is 10.6 Å². The normalized spacial score (nSPS) is 22.1. The molecule has 2 fully saturated rings. The standard InChI is InChI=1S/C20H39N5/c1-4-13-25-16-10-19(11-17-25)23-20(21-5-2)22-12-7-18-8-14-24(6-3)15-9-18/h4,18-19H,1,5-17H2,2-3H3,(H2,21,22,23). The highest BCUT2D eigenvalue weighted by molar-refractivity contribution is 5.80. The molecule has 0 aliphatic carbocycles. The van der Waals surface area contributed by atoms with E-state index in [1.807, 2.05) is 6.08 Å². The minimum absolute atomic E-state index is 0.548. The van der Waals surface area contributed by atoms with Gasteiger partial charge in [0.15, 0.2) is 5.96 Å². The third kappa shape index (κ3) is 7.37. The smallest absolute Gasteiger partial charge is 0.191 e. The van der Waals surface area contributed by atoms with Crippen LogP contribution in [0.15, 0.2) is 17.6 Å². The fraction of sp³-hybridized carbons (Fsp3) is 0.850. The number of nitrogens with zero attached hydrogens (tertiary/aromatic N) is 3. The highest BCUT2D eigenvalue weighted by Gasteiger charge is 2.20. The summed E-state index contributed by atoms with van der Waals surface area (Å²) in [5.41, 5.74) is 0. The van der Waals surface area contributed by atoms with Gasteiger partial charge in [-0.1, -0.05) is 13.0 Å². The maximum Gasteiger partial charge on any atom is 0.191 e. The van der Waals surface area contributed by atoms with Crippen LogP contribution in [-0.4, -0.2) is 74.2 Å². The molecule has 0 saturated carbocycles. The molecule has 0 spiro atoms. The van der Waals surface area contributed by atoms with Crippen LogP contribution in [0.25, 0.3) is 0 Å². The lowest BCUT2D eigenvalue weighted by atomic mass is 9.94. The summed E-state index contributed by atoms with van der Waals surface area (Å²) >= 11 is 0. The molecule has 2 aliphatic heterocycles.